The van der Waals surface area contributed by atoms with Gasteiger partial charge in [0.2, 0.25) is 10.6 Å². The molecule has 4 N–H and O–H groups in total. The van der Waals surface area contributed by atoms with Gasteiger partial charge in [-0.15, -0.1) is 0 Å². The lowest BCUT2D eigenvalue weighted by atomic mass is 10.2. The minimum Gasteiger partial charge on any atom is -0.398 e. The Bertz CT molecular complexity index is 989. The quantitative estimate of drug-likeness (QED) is 0.496. The summed E-state index contributed by atoms with van der Waals surface area (Å²) in [5.74, 6) is -0.451. The Morgan fingerprint density at radius 1 is 0.870 bits per heavy atom. The first-order valence-electron chi connectivity index (χ1n) is 5.35. The number of halogens is 2. The third kappa shape index (κ3) is 3.85. The molecular formula is C9H6Cl2N4O6S2. The maximum atomic E-state index is 11.5. The maximum absolute atomic E-state index is 11.5. The van der Waals surface area contributed by atoms with Crippen molar-refractivity contribution in [1.82, 2.24) is 15.0 Å². The van der Waals surface area contributed by atoms with E-state index in [1.165, 1.54) is 0 Å². The standard InChI is InChI=1S/C9H6Cl2N4O6S2/c10-8-13-7(14-9(11)15-8)3-1-6(23(19,20)21)4(12)2-5(3)22(16,17)18/h1-2H,12H2,(H,16,17,18)(H,19,20,21). The minimum absolute atomic E-state index is 0.411. The Morgan fingerprint density at radius 2 is 1.35 bits per heavy atom. The molecule has 1 aromatic carbocycles. The lowest BCUT2D eigenvalue weighted by molar-refractivity contribution is 0.479. The van der Waals surface area contributed by atoms with Gasteiger partial charge in [0.05, 0.1) is 5.69 Å². The van der Waals surface area contributed by atoms with Gasteiger partial charge in [-0.2, -0.15) is 31.8 Å². The number of hydrogen-bond donors (Lipinski definition) is 3. The maximum Gasteiger partial charge on any atom is 0.296 e. The zero-order valence-corrected chi connectivity index (χ0v) is 13.8. The monoisotopic (exact) mass is 400 g/mol. The molecular weight excluding hydrogens is 395 g/mol. The fourth-order valence-electron chi connectivity index (χ4n) is 1.63. The molecule has 0 aliphatic carbocycles. The lowest BCUT2D eigenvalue weighted by Crippen LogP contribution is -2.09. The van der Waals surface area contributed by atoms with E-state index >= 15 is 0 Å². The second-order valence-electron chi connectivity index (χ2n) is 4.03. The van der Waals surface area contributed by atoms with E-state index in [0.717, 1.165) is 0 Å². The average Bonchev–Trinajstić information content (AvgIpc) is 2.34. The van der Waals surface area contributed by atoms with Gasteiger partial charge in [-0.05, 0) is 35.3 Å². The molecule has 2 rings (SSSR count). The Balaban J connectivity index is 2.94. The van der Waals surface area contributed by atoms with Gasteiger partial charge >= 0.3 is 0 Å². The fourth-order valence-corrected chi connectivity index (χ4v) is 3.32. The van der Waals surface area contributed by atoms with Crippen molar-refractivity contribution in [2.75, 3.05) is 5.73 Å². The van der Waals surface area contributed by atoms with Gasteiger partial charge in [-0.3, -0.25) is 9.11 Å². The van der Waals surface area contributed by atoms with Gasteiger partial charge in [0.1, 0.15) is 9.79 Å². The van der Waals surface area contributed by atoms with E-state index in [1.54, 1.807) is 0 Å². The summed E-state index contributed by atoms with van der Waals surface area (Å²) < 4.78 is 63.9. The molecule has 0 aliphatic rings. The largest absolute Gasteiger partial charge is 0.398 e. The van der Waals surface area contributed by atoms with E-state index in [2.05, 4.69) is 15.0 Å². The van der Waals surface area contributed by atoms with Crippen LogP contribution in [-0.2, 0) is 20.2 Å². The molecule has 0 saturated carbocycles. The van der Waals surface area contributed by atoms with Crippen LogP contribution in [0.5, 0.6) is 0 Å². The molecule has 1 heterocycles. The summed E-state index contributed by atoms with van der Waals surface area (Å²) in [5, 5.41) is -0.821. The Hall–Kier alpha value is -1.57. The Kier molecular flexibility index (Phi) is 4.49. The molecule has 0 atom stereocenters. The van der Waals surface area contributed by atoms with Gasteiger partial charge < -0.3 is 5.73 Å². The van der Waals surface area contributed by atoms with E-state index in [9.17, 15) is 21.4 Å². The van der Waals surface area contributed by atoms with Gasteiger partial charge in [-0.1, -0.05) is 0 Å². The second-order valence-corrected chi connectivity index (χ2v) is 7.49. The van der Waals surface area contributed by atoms with Crippen LogP contribution in [0.4, 0.5) is 5.69 Å². The normalized spacial score (nSPS) is 12.3. The molecule has 0 aliphatic heterocycles. The molecule has 0 fully saturated rings. The van der Waals surface area contributed by atoms with E-state index in [1.807, 2.05) is 0 Å². The molecule has 124 valence electrons. The van der Waals surface area contributed by atoms with E-state index in [-0.39, 0.29) is 0 Å². The van der Waals surface area contributed by atoms with Crippen molar-refractivity contribution >= 4 is 49.1 Å². The number of anilines is 1. The molecule has 14 heteroatoms. The molecule has 0 radical (unpaired) electrons. The predicted octanol–water partition coefficient (Wildman–Crippen LogP) is 0.921. The van der Waals surface area contributed by atoms with Crippen LogP contribution in [0.1, 0.15) is 0 Å². The summed E-state index contributed by atoms with van der Waals surface area (Å²) in [6.07, 6.45) is 0. The van der Waals surface area contributed by atoms with Gasteiger partial charge in [0.15, 0.2) is 5.82 Å². The highest BCUT2D eigenvalue weighted by Crippen LogP contribution is 2.32. The number of aromatic nitrogens is 3. The zero-order chi connectivity index (χ0) is 17.6. The molecule has 0 spiro atoms. The summed E-state index contributed by atoms with van der Waals surface area (Å²) in [5.41, 5.74) is 4.28. The molecule has 0 unspecified atom stereocenters. The van der Waals surface area contributed by atoms with E-state index < -0.39 is 57.7 Å². The Labute approximate surface area is 139 Å². The Morgan fingerprint density at radius 3 is 1.78 bits per heavy atom. The van der Waals surface area contributed by atoms with Crippen molar-refractivity contribution in [3.05, 3.63) is 22.7 Å². The smallest absolute Gasteiger partial charge is 0.296 e. The van der Waals surface area contributed by atoms with E-state index in [0.29, 0.717) is 12.1 Å². The predicted molar refractivity (Wildman–Crippen MR) is 79.3 cm³/mol. The van der Waals surface area contributed by atoms with Crippen LogP contribution in [0, 0.1) is 0 Å². The molecule has 10 nitrogen and oxygen atoms in total. The first-order chi connectivity index (χ1) is 10.4. The highest BCUT2D eigenvalue weighted by atomic mass is 35.5. The van der Waals surface area contributed by atoms with Crippen LogP contribution in [-0.4, -0.2) is 40.9 Å². The zero-order valence-electron chi connectivity index (χ0n) is 10.7. The topological polar surface area (TPSA) is 173 Å². The number of benzene rings is 1. The van der Waals surface area contributed by atoms with E-state index in [4.69, 9.17) is 33.5 Å². The fraction of sp³-hybridized carbons (Fsp3) is 0. The third-order valence-corrected chi connectivity index (χ3v) is 4.63. The molecule has 2 aromatic rings. The van der Waals surface area contributed by atoms with Crippen LogP contribution in [0.15, 0.2) is 21.9 Å². The van der Waals surface area contributed by atoms with Crippen LogP contribution >= 0.6 is 23.2 Å². The second kappa shape index (κ2) is 5.81. The summed E-state index contributed by atoms with van der Waals surface area (Å²) in [7, 11) is -9.62. The minimum atomic E-state index is -4.84. The summed E-state index contributed by atoms with van der Waals surface area (Å²) in [6, 6.07) is 1.29. The van der Waals surface area contributed by atoms with Crippen molar-refractivity contribution in [2.45, 2.75) is 9.79 Å². The van der Waals surface area contributed by atoms with Crippen LogP contribution in [0.3, 0.4) is 0 Å². The highest BCUT2D eigenvalue weighted by Gasteiger charge is 2.25. The molecule has 23 heavy (non-hydrogen) atoms. The molecule has 0 amide bonds. The summed E-state index contributed by atoms with van der Waals surface area (Å²) >= 11 is 11.2. The SMILES string of the molecule is Nc1cc(S(=O)(=O)O)c(-c2nc(Cl)nc(Cl)n2)cc1S(=O)(=O)O. The van der Waals surface area contributed by atoms with Crippen molar-refractivity contribution in [3.8, 4) is 11.4 Å². The number of nitrogens with two attached hydrogens (primary N) is 1. The molecule has 0 bridgehead atoms. The summed E-state index contributed by atoms with van der Waals surface area (Å²) in [6.45, 7) is 0. The third-order valence-electron chi connectivity index (χ3n) is 2.49. The van der Waals surface area contributed by atoms with Crippen molar-refractivity contribution < 1.29 is 25.9 Å². The number of hydrogen-bond acceptors (Lipinski definition) is 8. The first-order valence-corrected chi connectivity index (χ1v) is 8.99. The van der Waals surface area contributed by atoms with Crippen LogP contribution in [0.2, 0.25) is 10.6 Å². The average molecular weight is 401 g/mol. The number of nitrogens with zero attached hydrogens (tertiary/aromatic N) is 3. The van der Waals surface area contributed by atoms with Gasteiger partial charge in [-0.25, -0.2) is 0 Å². The van der Waals surface area contributed by atoms with Crippen molar-refractivity contribution in [3.63, 3.8) is 0 Å². The first kappa shape index (κ1) is 17.8. The van der Waals surface area contributed by atoms with Crippen LogP contribution < -0.4 is 5.73 Å². The lowest BCUT2D eigenvalue weighted by Gasteiger charge is -2.10. The summed E-state index contributed by atoms with van der Waals surface area (Å²) in [4.78, 5) is 9.02. The molecule has 0 saturated heterocycles. The van der Waals surface area contributed by atoms with Crippen LogP contribution in [0.25, 0.3) is 11.4 Å². The highest BCUT2D eigenvalue weighted by molar-refractivity contribution is 7.86. The number of nitrogen functional groups attached to an aromatic ring is 1. The molecule has 1 aromatic heterocycles. The van der Waals surface area contributed by atoms with Crippen molar-refractivity contribution in [2.24, 2.45) is 0 Å². The van der Waals surface area contributed by atoms with Gasteiger partial charge in [0, 0.05) is 5.56 Å². The van der Waals surface area contributed by atoms with Gasteiger partial charge in [0.25, 0.3) is 20.2 Å². The van der Waals surface area contributed by atoms with Crippen molar-refractivity contribution in [1.29, 1.82) is 0 Å². The number of rotatable bonds is 3.